The highest BCUT2D eigenvalue weighted by molar-refractivity contribution is 5.39. The van der Waals surface area contributed by atoms with Gasteiger partial charge in [-0.3, -0.25) is 0 Å². The molecule has 0 unspecified atom stereocenters. The average molecular weight is 219 g/mol. The first-order valence-corrected chi connectivity index (χ1v) is 6.15. The zero-order valence-electron chi connectivity index (χ0n) is 10.2. The van der Waals surface area contributed by atoms with Crippen molar-refractivity contribution in [3.8, 4) is 0 Å². The van der Waals surface area contributed by atoms with E-state index in [4.69, 9.17) is 0 Å². The third kappa shape index (κ3) is 2.73. The Hall–Kier alpha value is -1.09. The molecule has 0 atom stereocenters. The van der Waals surface area contributed by atoms with Gasteiger partial charge in [-0.2, -0.15) is 0 Å². The predicted molar refractivity (Wildman–Crippen MR) is 67.6 cm³/mol. The Morgan fingerprint density at radius 1 is 1.38 bits per heavy atom. The Bertz CT molecular complexity index is 330. The Morgan fingerprint density at radius 3 is 2.81 bits per heavy atom. The predicted octanol–water partition coefficient (Wildman–Crippen LogP) is 2.04. The number of anilines is 1. The van der Waals surface area contributed by atoms with Crippen LogP contribution in [0, 0.1) is 5.92 Å². The van der Waals surface area contributed by atoms with Crippen molar-refractivity contribution in [2.75, 3.05) is 25.0 Å². The summed E-state index contributed by atoms with van der Waals surface area (Å²) in [5.41, 5.74) is 1.12. The molecule has 16 heavy (non-hydrogen) atoms. The van der Waals surface area contributed by atoms with Gasteiger partial charge in [0.15, 0.2) is 0 Å². The van der Waals surface area contributed by atoms with Crippen LogP contribution < -0.4 is 10.2 Å². The van der Waals surface area contributed by atoms with Crippen molar-refractivity contribution in [1.82, 2.24) is 10.3 Å². The van der Waals surface area contributed by atoms with Crippen LogP contribution in [0.1, 0.15) is 25.5 Å². The monoisotopic (exact) mass is 219 g/mol. The third-order valence-corrected chi connectivity index (χ3v) is 3.26. The van der Waals surface area contributed by atoms with Crippen LogP contribution in [0.4, 0.5) is 5.82 Å². The van der Waals surface area contributed by atoms with Gasteiger partial charge in [-0.05, 0) is 37.9 Å². The van der Waals surface area contributed by atoms with E-state index in [-0.39, 0.29) is 0 Å². The Balaban J connectivity index is 2.05. The SMILES string of the molecule is CNCc1cccc(N2CCC(C)CC2)n1. The molecule has 88 valence electrons. The molecule has 0 radical (unpaired) electrons. The molecule has 2 rings (SSSR count). The number of nitrogens with one attached hydrogen (secondary N) is 1. The summed E-state index contributed by atoms with van der Waals surface area (Å²) in [5, 5.41) is 3.14. The van der Waals surface area contributed by atoms with Gasteiger partial charge >= 0.3 is 0 Å². The normalized spacial score (nSPS) is 17.8. The molecule has 1 aliphatic rings. The highest BCUT2D eigenvalue weighted by Gasteiger charge is 2.16. The van der Waals surface area contributed by atoms with Crippen LogP contribution in [0.15, 0.2) is 18.2 Å². The first-order valence-electron chi connectivity index (χ1n) is 6.15. The minimum Gasteiger partial charge on any atom is -0.357 e. The van der Waals surface area contributed by atoms with E-state index >= 15 is 0 Å². The molecule has 1 aliphatic heterocycles. The van der Waals surface area contributed by atoms with Crippen molar-refractivity contribution in [1.29, 1.82) is 0 Å². The van der Waals surface area contributed by atoms with Gasteiger partial charge in [0.1, 0.15) is 5.82 Å². The van der Waals surface area contributed by atoms with Gasteiger partial charge in [0, 0.05) is 19.6 Å². The summed E-state index contributed by atoms with van der Waals surface area (Å²) < 4.78 is 0. The summed E-state index contributed by atoms with van der Waals surface area (Å²) in [6.07, 6.45) is 2.58. The number of pyridine rings is 1. The lowest BCUT2D eigenvalue weighted by molar-refractivity contribution is 0.436. The molecule has 1 saturated heterocycles. The van der Waals surface area contributed by atoms with Crippen LogP contribution in [0.25, 0.3) is 0 Å². The Morgan fingerprint density at radius 2 is 2.12 bits per heavy atom. The second-order valence-corrected chi connectivity index (χ2v) is 4.69. The lowest BCUT2D eigenvalue weighted by Crippen LogP contribution is -2.33. The summed E-state index contributed by atoms with van der Waals surface area (Å²) in [4.78, 5) is 7.08. The number of rotatable bonds is 3. The number of hydrogen-bond donors (Lipinski definition) is 1. The van der Waals surface area contributed by atoms with Crippen LogP contribution in [0.2, 0.25) is 0 Å². The van der Waals surface area contributed by atoms with Crippen molar-refractivity contribution in [3.63, 3.8) is 0 Å². The van der Waals surface area contributed by atoms with Crippen molar-refractivity contribution < 1.29 is 0 Å². The average Bonchev–Trinajstić information content (AvgIpc) is 2.31. The van der Waals surface area contributed by atoms with E-state index in [2.05, 4.69) is 40.3 Å². The summed E-state index contributed by atoms with van der Waals surface area (Å²) in [7, 11) is 1.96. The molecule has 0 saturated carbocycles. The number of nitrogens with zero attached hydrogens (tertiary/aromatic N) is 2. The molecule has 3 heteroatoms. The topological polar surface area (TPSA) is 28.2 Å². The molecular weight excluding hydrogens is 198 g/mol. The Kier molecular flexibility index (Phi) is 3.78. The zero-order valence-corrected chi connectivity index (χ0v) is 10.2. The van der Waals surface area contributed by atoms with E-state index < -0.39 is 0 Å². The molecule has 1 aromatic rings. The zero-order chi connectivity index (χ0) is 11.4. The van der Waals surface area contributed by atoms with E-state index in [9.17, 15) is 0 Å². The standard InChI is InChI=1S/C13H21N3/c1-11-6-8-16(9-7-11)13-5-3-4-12(15-13)10-14-2/h3-5,11,14H,6-10H2,1-2H3. The van der Waals surface area contributed by atoms with E-state index in [0.717, 1.165) is 37.1 Å². The molecule has 0 aromatic carbocycles. The van der Waals surface area contributed by atoms with Crippen LogP contribution in [-0.2, 0) is 6.54 Å². The quantitative estimate of drug-likeness (QED) is 0.843. The first kappa shape index (κ1) is 11.4. The van der Waals surface area contributed by atoms with Crippen LogP contribution >= 0.6 is 0 Å². The molecule has 2 heterocycles. The second kappa shape index (κ2) is 5.30. The van der Waals surface area contributed by atoms with Crippen LogP contribution in [-0.4, -0.2) is 25.1 Å². The molecule has 0 bridgehead atoms. The highest BCUT2D eigenvalue weighted by atomic mass is 15.2. The van der Waals surface area contributed by atoms with Gasteiger partial charge in [-0.25, -0.2) is 4.98 Å². The summed E-state index contributed by atoms with van der Waals surface area (Å²) in [6.45, 7) is 5.48. The molecule has 0 aliphatic carbocycles. The lowest BCUT2D eigenvalue weighted by atomic mass is 9.99. The first-order chi connectivity index (χ1) is 7.79. The maximum absolute atomic E-state index is 4.67. The molecule has 0 amide bonds. The van der Waals surface area contributed by atoms with Gasteiger partial charge in [-0.1, -0.05) is 13.0 Å². The van der Waals surface area contributed by atoms with Gasteiger partial charge in [-0.15, -0.1) is 0 Å². The molecule has 1 N–H and O–H groups in total. The van der Waals surface area contributed by atoms with E-state index in [0.29, 0.717) is 0 Å². The maximum atomic E-state index is 4.67. The van der Waals surface area contributed by atoms with Crippen molar-refractivity contribution >= 4 is 5.82 Å². The van der Waals surface area contributed by atoms with Gasteiger partial charge in [0.25, 0.3) is 0 Å². The number of piperidine rings is 1. The van der Waals surface area contributed by atoms with Gasteiger partial charge in [0.05, 0.1) is 5.69 Å². The van der Waals surface area contributed by atoms with Crippen molar-refractivity contribution in [3.05, 3.63) is 23.9 Å². The van der Waals surface area contributed by atoms with Gasteiger partial charge in [0.2, 0.25) is 0 Å². The van der Waals surface area contributed by atoms with E-state index in [1.165, 1.54) is 12.8 Å². The minimum atomic E-state index is 0.845. The smallest absolute Gasteiger partial charge is 0.128 e. The second-order valence-electron chi connectivity index (χ2n) is 4.69. The number of hydrogen-bond acceptors (Lipinski definition) is 3. The highest BCUT2D eigenvalue weighted by Crippen LogP contribution is 2.21. The summed E-state index contributed by atoms with van der Waals surface area (Å²) >= 11 is 0. The lowest BCUT2D eigenvalue weighted by Gasteiger charge is -2.31. The van der Waals surface area contributed by atoms with Crippen LogP contribution in [0.3, 0.4) is 0 Å². The van der Waals surface area contributed by atoms with Gasteiger partial charge < -0.3 is 10.2 Å². The Labute approximate surface area is 97.9 Å². The number of aromatic nitrogens is 1. The molecule has 1 fully saturated rings. The molecule has 0 spiro atoms. The largest absolute Gasteiger partial charge is 0.357 e. The van der Waals surface area contributed by atoms with Crippen molar-refractivity contribution in [2.24, 2.45) is 5.92 Å². The fraction of sp³-hybridized carbons (Fsp3) is 0.615. The summed E-state index contributed by atoms with van der Waals surface area (Å²) in [5.74, 6) is 2.01. The fourth-order valence-corrected chi connectivity index (χ4v) is 2.16. The third-order valence-electron chi connectivity index (χ3n) is 3.26. The molecule has 1 aromatic heterocycles. The van der Waals surface area contributed by atoms with E-state index in [1.54, 1.807) is 0 Å². The van der Waals surface area contributed by atoms with Crippen LogP contribution in [0.5, 0.6) is 0 Å². The fourth-order valence-electron chi connectivity index (χ4n) is 2.16. The summed E-state index contributed by atoms with van der Waals surface area (Å²) in [6, 6.07) is 6.30. The van der Waals surface area contributed by atoms with E-state index in [1.807, 2.05) is 7.05 Å². The van der Waals surface area contributed by atoms with Crippen molar-refractivity contribution in [2.45, 2.75) is 26.3 Å². The molecule has 3 nitrogen and oxygen atoms in total. The molecular formula is C13H21N3. The maximum Gasteiger partial charge on any atom is 0.128 e. The minimum absolute atomic E-state index is 0.845.